The van der Waals surface area contributed by atoms with Crippen molar-refractivity contribution in [1.82, 2.24) is 9.97 Å². The molecule has 4 N–H and O–H groups in total. The molecule has 0 saturated heterocycles. The summed E-state index contributed by atoms with van der Waals surface area (Å²) in [6, 6.07) is 5.82. The largest absolute Gasteiger partial charge is 0.369 e. The van der Waals surface area contributed by atoms with Crippen molar-refractivity contribution in [2.75, 3.05) is 11.1 Å². The fourth-order valence-electron chi connectivity index (χ4n) is 2.40. The first-order chi connectivity index (χ1) is 9.54. The van der Waals surface area contributed by atoms with Gasteiger partial charge in [0.2, 0.25) is 11.9 Å². The second-order valence-electron chi connectivity index (χ2n) is 4.57. The fraction of sp³-hybridized carbons (Fsp3) is 0.154. The third-order valence-corrected chi connectivity index (χ3v) is 3.22. The van der Waals surface area contributed by atoms with Gasteiger partial charge in [-0.3, -0.25) is 14.6 Å². The lowest BCUT2D eigenvalue weighted by atomic mass is 9.87. The maximum Gasteiger partial charge on any atom is 0.258 e. The van der Waals surface area contributed by atoms with Gasteiger partial charge in [0, 0.05) is 12.3 Å². The Morgan fingerprint density at radius 2 is 2.15 bits per heavy atom. The lowest BCUT2D eigenvalue weighted by Gasteiger charge is -2.24. The number of hydrogen-bond acceptors (Lipinski definition) is 4. The summed E-state index contributed by atoms with van der Waals surface area (Å²) in [7, 11) is 0. The molecule has 1 aliphatic heterocycles. The number of anilines is 2. The van der Waals surface area contributed by atoms with Crippen LogP contribution in [0.1, 0.15) is 23.5 Å². The minimum Gasteiger partial charge on any atom is -0.369 e. The molecule has 0 radical (unpaired) electrons. The molecular weight excluding hydrogens is 263 g/mol. The molecule has 1 aromatic carbocycles. The van der Waals surface area contributed by atoms with Crippen molar-refractivity contribution in [3.63, 3.8) is 0 Å². The van der Waals surface area contributed by atoms with E-state index in [1.54, 1.807) is 6.07 Å². The molecule has 7 heteroatoms. The monoisotopic (exact) mass is 274 g/mol. The average molecular weight is 274 g/mol. The number of rotatable bonds is 1. The van der Waals surface area contributed by atoms with Crippen LogP contribution in [0.15, 0.2) is 29.1 Å². The summed E-state index contributed by atoms with van der Waals surface area (Å²) >= 11 is 0. The number of nitrogens with zero attached hydrogens (tertiary/aromatic N) is 1. The number of aromatic amines is 1. The zero-order chi connectivity index (χ0) is 14.3. The number of nitrogen functional groups attached to an aromatic ring is 1. The maximum absolute atomic E-state index is 13.3. The molecule has 0 aliphatic carbocycles. The summed E-state index contributed by atoms with van der Waals surface area (Å²) in [5.41, 5.74) is 5.88. The highest BCUT2D eigenvalue weighted by molar-refractivity contribution is 5.94. The molecule has 20 heavy (non-hydrogen) atoms. The molecule has 1 aliphatic rings. The number of benzene rings is 1. The minimum atomic E-state index is -0.536. The first kappa shape index (κ1) is 12.3. The molecule has 0 fully saturated rings. The van der Waals surface area contributed by atoms with Crippen molar-refractivity contribution in [1.29, 1.82) is 0 Å². The van der Waals surface area contributed by atoms with Crippen LogP contribution in [0.5, 0.6) is 0 Å². The molecule has 1 atom stereocenters. The van der Waals surface area contributed by atoms with Gasteiger partial charge in [0.05, 0.1) is 5.56 Å². The van der Waals surface area contributed by atoms with E-state index in [9.17, 15) is 14.0 Å². The summed E-state index contributed by atoms with van der Waals surface area (Å²) in [5, 5.41) is 2.51. The smallest absolute Gasteiger partial charge is 0.258 e. The van der Waals surface area contributed by atoms with E-state index in [4.69, 9.17) is 5.73 Å². The maximum atomic E-state index is 13.3. The van der Waals surface area contributed by atoms with Crippen molar-refractivity contribution < 1.29 is 9.18 Å². The summed E-state index contributed by atoms with van der Waals surface area (Å²) in [6.45, 7) is 0. The Hall–Kier alpha value is -2.70. The number of carbonyl (C=O) groups is 1. The zero-order valence-corrected chi connectivity index (χ0v) is 10.3. The number of carbonyl (C=O) groups excluding carboxylic acids is 1. The molecule has 3 rings (SSSR count). The van der Waals surface area contributed by atoms with Crippen LogP contribution < -0.4 is 16.6 Å². The summed E-state index contributed by atoms with van der Waals surface area (Å²) in [6.07, 6.45) is 0.0606. The Labute approximate surface area is 112 Å². The Morgan fingerprint density at radius 3 is 2.90 bits per heavy atom. The van der Waals surface area contributed by atoms with E-state index in [-0.39, 0.29) is 24.1 Å². The number of H-pyrrole nitrogens is 1. The predicted molar refractivity (Wildman–Crippen MR) is 70.8 cm³/mol. The standard InChI is InChI=1S/C13H11FN4O2/c14-7-3-1-2-6(4-7)8-5-9(19)16-11-10(8)12(20)18-13(15)17-11/h1-4,8H,5H2,(H4,15,16,17,18,19,20)/t8-/m0/s1. The Bertz CT molecular complexity index is 756. The van der Waals surface area contributed by atoms with Crippen molar-refractivity contribution in [2.24, 2.45) is 0 Å². The zero-order valence-electron chi connectivity index (χ0n) is 10.3. The SMILES string of the molecule is Nc1nc2c(c(=O)[nH]1)[C@H](c1cccc(F)c1)CC(=O)N2. The van der Waals surface area contributed by atoms with Crippen LogP contribution in [-0.2, 0) is 4.79 Å². The predicted octanol–water partition coefficient (Wildman–Crippen LogP) is 0.965. The highest BCUT2D eigenvalue weighted by Crippen LogP contribution is 2.33. The highest BCUT2D eigenvalue weighted by Gasteiger charge is 2.30. The number of fused-ring (bicyclic) bond motifs is 1. The Morgan fingerprint density at radius 1 is 1.35 bits per heavy atom. The van der Waals surface area contributed by atoms with E-state index in [1.807, 2.05) is 0 Å². The molecule has 1 aromatic heterocycles. The number of halogens is 1. The molecule has 0 spiro atoms. The number of nitrogens with two attached hydrogens (primary N) is 1. The van der Waals surface area contributed by atoms with Crippen molar-refractivity contribution in [3.05, 3.63) is 51.6 Å². The van der Waals surface area contributed by atoms with Crippen LogP contribution in [-0.4, -0.2) is 15.9 Å². The first-order valence-electron chi connectivity index (χ1n) is 5.99. The number of aromatic nitrogens is 2. The normalized spacial score (nSPS) is 17.4. The lowest BCUT2D eigenvalue weighted by molar-refractivity contribution is -0.116. The molecule has 1 amide bonds. The number of amides is 1. The molecule has 102 valence electrons. The van der Waals surface area contributed by atoms with Gasteiger partial charge in [-0.15, -0.1) is 0 Å². The van der Waals surface area contributed by atoms with Crippen LogP contribution in [0.25, 0.3) is 0 Å². The first-order valence-corrected chi connectivity index (χ1v) is 5.99. The molecule has 6 nitrogen and oxygen atoms in total. The van der Waals surface area contributed by atoms with Crippen molar-refractivity contribution in [3.8, 4) is 0 Å². The van der Waals surface area contributed by atoms with Gasteiger partial charge in [0.1, 0.15) is 11.6 Å². The van der Waals surface area contributed by atoms with E-state index in [0.717, 1.165) is 0 Å². The molecule has 2 heterocycles. The average Bonchev–Trinajstić information content (AvgIpc) is 2.36. The van der Waals surface area contributed by atoms with E-state index in [2.05, 4.69) is 15.3 Å². The van der Waals surface area contributed by atoms with Gasteiger partial charge in [-0.05, 0) is 17.7 Å². The lowest BCUT2D eigenvalue weighted by Crippen LogP contribution is -2.31. The van der Waals surface area contributed by atoms with E-state index in [0.29, 0.717) is 11.1 Å². The van der Waals surface area contributed by atoms with Crippen molar-refractivity contribution in [2.45, 2.75) is 12.3 Å². The third kappa shape index (κ3) is 2.03. The number of nitrogens with one attached hydrogen (secondary N) is 2. The van der Waals surface area contributed by atoms with Gasteiger partial charge in [0.25, 0.3) is 5.56 Å². The molecule has 0 bridgehead atoms. The van der Waals surface area contributed by atoms with Crippen LogP contribution in [0.4, 0.5) is 16.2 Å². The Balaban J connectivity index is 2.20. The van der Waals surface area contributed by atoms with Gasteiger partial charge in [-0.25, -0.2) is 4.39 Å². The van der Waals surface area contributed by atoms with Crippen LogP contribution in [0, 0.1) is 5.82 Å². The topological polar surface area (TPSA) is 101 Å². The highest BCUT2D eigenvalue weighted by atomic mass is 19.1. The molecule has 2 aromatic rings. The van der Waals surface area contributed by atoms with Gasteiger partial charge in [-0.1, -0.05) is 12.1 Å². The molecular formula is C13H11FN4O2. The van der Waals surface area contributed by atoms with Crippen LogP contribution in [0.2, 0.25) is 0 Å². The van der Waals surface area contributed by atoms with Crippen molar-refractivity contribution >= 4 is 17.7 Å². The van der Waals surface area contributed by atoms with E-state index in [1.165, 1.54) is 18.2 Å². The molecule has 0 unspecified atom stereocenters. The molecule has 0 saturated carbocycles. The van der Waals surface area contributed by atoms with Crippen LogP contribution in [0.3, 0.4) is 0 Å². The van der Waals surface area contributed by atoms with Gasteiger partial charge in [-0.2, -0.15) is 4.98 Å². The second-order valence-corrected chi connectivity index (χ2v) is 4.57. The van der Waals surface area contributed by atoms with E-state index < -0.39 is 17.3 Å². The summed E-state index contributed by atoms with van der Waals surface area (Å²) in [4.78, 5) is 30.1. The fourth-order valence-corrected chi connectivity index (χ4v) is 2.40. The van der Waals surface area contributed by atoms with Gasteiger partial charge < -0.3 is 11.1 Å². The van der Waals surface area contributed by atoms with Gasteiger partial charge in [0.15, 0.2) is 0 Å². The second kappa shape index (κ2) is 4.44. The Kier molecular flexibility index (Phi) is 2.74. The van der Waals surface area contributed by atoms with Crippen LogP contribution >= 0.6 is 0 Å². The van der Waals surface area contributed by atoms with E-state index >= 15 is 0 Å². The third-order valence-electron chi connectivity index (χ3n) is 3.22. The minimum absolute atomic E-state index is 0.0606. The number of hydrogen-bond donors (Lipinski definition) is 3. The quantitative estimate of drug-likeness (QED) is 0.721. The summed E-state index contributed by atoms with van der Waals surface area (Å²) < 4.78 is 13.3. The summed E-state index contributed by atoms with van der Waals surface area (Å²) in [5.74, 6) is -1.18. The van der Waals surface area contributed by atoms with Gasteiger partial charge >= 0.3 is 0 Å².